The number of aromatic nitrogens is 2. The van der Waals surface area contributed by atoms with Crippen molar-refractivity contribution in [1.29, 1.82) is 0 Å². The van der Waals surface area contributed by atoms with Gasteiger partial charge in [-0.2, -0.15) is 0 Å². The van der Waals surface area contributed by atoms with E-state index >= 15 is 0 Å². The van der Waals surface area contributed by atoms with Gasteiger partial charge in [0, 0.05) is 29.8 Å². The zero-order valence-corrected chi connectivity index (χ0v) is 23.7. The number of H-pyrrole nitrogens is 2. The molecule has 1 saturated heterocycles. The zero-order valence-electron chi connectivity index (χ0n) is 23.7. The molecule has 1 amide bonds. The molecule has 1 spiro atoms. The van der Waals surface area contributed by atoms with Gasteiger partial charge in [0.2, 0.25) is 0 Å². The second-order valence-corrected chi connectivity index (χ2v) is 13.0. The van der Waals surface area contributed by atoms with Crippen LogP contribution >= 0.6 is 0 Å². The molecule has 1 saturated carbocycles. The lowest BCUT2D eigenvalue weighted by molar-refractivity contribution is -0.207. The van der Waals surface area contributed by atoms with E-state index in [9.17, 15) is 19.5 Å². The van der Waals surface area contributed by atoms with Crippen LogP contribution in [0.15, 0.2) is 52.2 Å². The van der Waals surface area contributed by atoms with Crippen molar-refractivity contribution in [2.24, 2.45) is 5.41 Å². The third-order valence-corrected chi connectivity index (χ3v) is 10.4. The summed E-state index contributed by atoms with van der Waals surface area (Å²) in [5, 5.41) is 15.4. The molecule has 1 aromatic heterocycles. The number of aliphatic hydroxyl groups is 1. The molecule has 9 heteroatoms. The molecule has 2 aliphatic heterocycles. The monoisotopic (exact) mass is 556 g/mol. The average molecular weight is 557 g/mol. The van der Waals surface area contributed by atoms with E-state index in [-0.39, 0.29) is 23.5 Å². The Morgan fingerprint density at radius 1 is 1.12 bits per heavy atom. The van der Waals surface area contributed by atoms with Gasteiger partial charge < -0.3 is 25.0 Å². The fourth-order valence-electron chi connectivity index (χ4n) is 8.30. The normalized spacial score (nSPS) is 29.0. The number of carbonyl (C=O) groups excluding carboxylic acids is 1. The summed E-state index contributed by atoms with van der Waals surface area (Å²) in [6.45, 7) is 5.80. The number of amides is 1. The van der Waals surface area contributed by atoms with Crippen LogP contribution in [0.25, 0.3) is 11.1 Å². The van der Waals surface area contributed by atoms with E-state index in [1.807, 2.05) is 30.3 Å². The smallest absolute Gasteiger partial charge is 0.325 e. The summed E-state index contributed by atoms with van der Waals surface area (Å²) < 4.78 is 6.79. The highest BCUT2D eigenvalue weighted by Gasteiger charge is 2.73. The van der Waals surface area contributed by atoms with E-state index < -0.39 is 22.3 Å². The number of piperidine rings is 1. The Bertz CT molecular complexity index is 1670. The van der Waals surface area contributed by atoms with Crippen LogP contribution in [0.1, 0.15) is 60.2 Å². The van der Waals surface area contributed by atoms with Crippen LogP contribution in [0.5, 0.6) is 5.75 Å². The Kier molecular flexibility index (Phi) is 5.69. The maximum Gasteiger partial charge on any atom is 0.325 e. The van der Waals surface area contributed by atoms with Crippen molar-refractivity contribution in [3.63, 3.8) is 0 Å². The van der Waals surface area contributed by atoms with E-state index in [2.05, 4.69) is 47.1 Å². The van der Waals surface area contributed by atoms with Crippen molar-refractivity contribution in [3.05, 3.63) is 85.7 Å². The predicted octanol–water partition coefficient (Wildman–Crippen LogP) is 2.51. The number of likely N-dealkylation sites (N-methyl/N-ethyl adjacent to an activating group) is 1. The molecule has 7 rings (SSSR count). The summed E-state index contributed by atoms with van der Waals surface area (Å²) in [6, 6.07) is 11.5. The first-order valence-corrected chi connectivity index (χ1v) is 14.5. The van der Waals surface area contributed by atoms with Crippen molar-refractivity contribution >= 4 is 5.91 Å². The standard InChI is InChI=1S/C32H36N4O5/c1-30(2)11-12-32(40)23-16-20-8-9-21(25-24(20)31(32,28(30)41-25)13-15-36(23)3)26(37)33-14-10-18-4-6-19(7-5-18)22-17-34-29(39)35-27(22)38/h4-9,17,23,28,40H,10-16H2,1-3H3,(H,33,37)(H2,34,35,38,39)/t23-,28?,31+,32-/m1/s1. The van der Waals surface area contributed by atoms with Gasteiger partial charge in [0.1, 0.15) is 11.9 Å². The summed E-state index contributed by atoms with van der Waals surface area (Å²) in [4.78, 5) is 44.0. The first-order valence-electron chi connectivity index (χ1n) is 14.5. The number of rotatable bonds is 5. The fourth-order valence-corrected chi connectivity index (χ4v) is 8.30. The van der Waals surface area contributed by atoms with Gasteiger partial charge in [0.25, 0.3) is 11.5 Å². The highest BCUT2D eigenvalue weighted by Crippen LogP contribution is 2.67. The molecule has 214 valence electrons. The van der Waals surface area contributed by atoms with Crippen LogP contribution in [0.2, 0.25) is 0 Å². The van der Waals surface area contributed by atoms with Crippen LogP contribution < -0.4 is 21.3 Å². The Labute approximate surface area is 238 Å². The Morgan fingerprint density at radius 2 is 1.90 bits per heavy atom. The molecule has 3 aromatic rings. The predicted molar refractivity (Wildman–Crippen MR) is 154 cm³/mol. The van der Waals surface area contributed by atoms with Gasteiger partial charge in [-0.25, -0.2) is 4.79 Å². The molecule has 2 aromatic carbocycles. The van der Waals surface area contributed by atoms with Crippen molar-refractivity contribution in [3.8, 4) is 16.9 Å². The minimum Gasteiger partial charge on any atom is -0.488 e. The van der Waals surface area contributed by atoms with Crippen LogP contribution in [0, 0.1) is 5.41 Å². The number of nitrogens with one attached hydrogen (secondary N) is 3. The summed E-state index contributed by atoms with van der Waals surface area (Å²) in [5.74, 6) is 0.488. The van der Waals surface area contributed by atoms with E-state index in [1.54, 1.807) is 0 Å². The quantitative estimate of drug-likeness (QED) is 0.383. The largest absolute Gasteiger partial charge is 0.488 e. The molecule has 4 aliphatic rings. The Hall–Kier alpha value is -3.69. The van der Waals surface area contributed by atoms with Gasteiger partial charge in [-0.3, -0.25) is 14.6 Å². The second-order valence-electron chi connectivity index (χ2n) is 13.0. The minimum atomic E-state index is -0.875. The highest BCUT2D eigenvalue weighted by atomic mass is 16.5. The zero-order chi connectivity index (χ0) is 28.7. The molecule has 2 aliphatic carbocycles. The van der Waals surface area contributed by atoms with Gasteiger partial charge >= 0.3 is 5.69 Å². The van der Waals surface area contributed by atoms with Crippen molar-refractivity contribution in [2.75, 3.05) is 20.1 Å². The number of hydrogen-bond acceptors (Lipinski definition) is 6. The molecule has 0 radical (unpaired) electrons. The van der Waals surface area contributed by atoms with E-state index in [4.69, 9.17) is 4.74 Å². The van der Waals surface area contributed by atoms with Crippen LogP contribution in [0.4, 0.5) is 0 Å². The highest BCUT2D eigenvalue weighted by molar-refractivity contribution is 5.98. The molecule has 4 N–H and O–H groups in total. The number of aromatic amines is 2. The molecular weight excluding hydrogens is 520 g/mol. The van der Waals surface area contributed by atoms with Crippen LogP contribution in [-0.4, -0.2) is 63.8 Å². The molecule has 9 nitrogen and oxygen atoms in total. The van der Waals surface area contributed by atoms with Gasteiger partial charge in [-0.1, -0.05) is 44.2 Å². The molecular formula is C32H36N4O5. The molecule has 4 atom stereocenters. The summed E-state index contributed by atoms with van der Waals surface area (Å²) in [7, 11) is 2.12. The van der Waals surface area contributed by atoms with E-state index in [0.29, 0.717) is 35.4 Å². The van der Waals surface area contributed by atoms with Crippen LogP contribution in [-0.2, 0) is 18.3 Å². The number of ether oxygens (including phenoxy) is 1. The minimum absolute atomic E-state index is 0.0468. The molecule has 3 heterocycles. The van der Waals surface area contributed by atoms with E-state index in [0.717, 1.165) is 43.4 Å². The van der Waals surface area contributed by atoms with Crippen molar-refractivity contribution in [2.45, 2.75) is 69.1 Å². The van der Waals surface area contributed by atoms with Crippen LogP contribution in [0.3, 0.4) is 0 Å². The lowest BCUT2D eigenvalue weighted by atomic mass is 9.45. The summed E-state index contributed by atoms with van der Waals surface area (Å²) in [5.41, 5.74) is 2.42. The summed E-state index contributed by atoms with van der Waals surface area (Å²) in [6.07, 6.45) is 5.03. The molecule has 2 bridgehead atoms. The SMILES string of the molecule is CN1CC[C@]23c4c5ccc(C(=O)NCCc6ccc(-c7c[nH]c(=O)[nH]c7=O)cc6)c4OC2C(C)(C)CC[C@@]3(O)[C@H]1C5. The molecule has 2 fully saturated rings. The maximum absolute atomic E-state index is 13.6. The fraction of sp³-hybridized carbons (Fsp3) is 0.469. The van der Waals surface area contributed by atoms with Gasteiger partial charge in [0.15, 0.2) is 0 Å². The molecule has 41 heavy (non-hydrogen) atoms. The summed E-state index contributed by atoms with van der Waals surface area (Å²) >= 11 is 0. The van der Waals surface area contributed by atoms with Gasteiger partial charge in [-0.15, -0.1) is 0 Å². The second kappa shape index (κ2) is 8.90. The number of likely N-dealkylation sites (tertiary alicyclic amines) is 1. The number of nitrogens with zero attached hydrogens (tertiary/aromatic N) is 1. The Morgan fingerprint density at radius 3 is 2.66 bits per heavy atom. The number of benzene rings is 2. The first-order chi connectivity index (χ1) is 19.5. The van der Waals surface area contributed by atoms with Gasteiger partial charge in [-0.05, 0) is 68.5 Å². The number of carbonyl (C=O) groups is 1. The lowest BCUT2D eigenvalue weighted by Gasteiger charge is -2.65. The van der Waals surface area contributed by atoms with Crippen molar-refractivity contribution in [1.82, 2.24) is 20.2 Å². The van der Waals surface area contributed by atoms with E-state index in [1.165, 1.54) is 11.8 Å². The maximum atomic E-state index is 13.6. The third-order valence-electron chi connectivity index (χ3n) is 10.4. The lowest BCUT2D eigenvalue weighted by Crippen LogP contribution is -2.76. The number of hydrogen-bond donors (Lipinski definition) is 4. The third kappa shape index (κ3) is 3.64. The van der Waals surface area contributed by atoms with Crippen molar-refractivity contribution < 1.29 is 14.6 Å². The Balaban J connectivity index is 1.13. The molecule has 1 unspecified atom stereocenters. The first kappa shape index (κ1) is 26.2. The average Bonchev–Trinajstić information content (AvgIpc) is 3.30. The topological polar surface area (TPSA) is 128 Å². The van der Waals surface area contributed by atoms with Gasteiger partial charge in [0.05, 0.1) is 22.1 Å².